The van der Waals surface area contributed by atoms with E-state index in [2.05, 4.69) is 22.2 Å². The lowest BCUT2D eigenvalue weighted by molar-refractivity contribution is -0.113. The summed E-state index contributed by atoms with van der Waals surface area (Å²) in [6, 6.07) is 7.01. The number of hydrogen-bond acceptors (Lipinski definition) is 5. The molecule has 0 fully saturated rings. The van der Waals surface area contributed by atoms with Crippen molar-refractivity contribution in [3.8, 4) is 0 Å². The Morgan fingerprint density at radius 3 is 2.79 bits per heavy atom. The zero-order valence-corrected chi connectivity index (χ0v) is 14.8. The van der Waals surface area contributed by atoms with Crippen molar-refractivity contribution in [3.05, 3.63) is 52.2 Å². The highest BCUT2D eigenvalue weighted by atomic mass is 32.2. The van der Waals surface area contributed by atoms with Gasteiger partial charge in [0.25, 0.3) is 5.56 Å². The van der Waals surface area contributed by atoms with Gasteiger partial charge in [-0.2, -0.15) is 11.8 Å². The van der Waals surface area contributed by atoms with Gasteiger partial charge in [-0.1, -0.05) is 18.7 Å². The average Bonchev–Trinajstić information content (AvgIpc) is 2.55. The van der Waals surface area contributed by atoms with Crippen molar-refractivity contribution in [1.29, 1.82) is 0 Å². The van der Waals surface area contributed by atoms with Gasteiger partial charge in [-0.3, -0.25) is 9.59 Å². The van der Waals surface area contributed by atoms with Gasteiger partial charge in [-0.15, -0.1) is 0 Å². The fourth-order valence-corrected chi connectivity index (χ4v) is 3.30. The van der Waals surface area contributed by atoms with Crippen LogP contribution in [0, 0.1) is 5.82 Å². The second-order valence-corrected chi connectivity index (χ2v) is 7.01. The summed E-state index contributed by atoms with van der Waals surface area (Å²) >= 11 is 2.87. The lowest BCUT2D eigenvalue weighted by atomic mass is 10.3. The predicted molar refractivity (Wildman–Crippen MR) is 97.1 cm³/mol. The average molecular weight is 367 g/mol. The number of nitrogens with one attached hydrogen (secondary N) is 2. The van der Waals surface area contributed by atoms with E-state index in [1.165, 1.54) is 30.3 Å². The first-order chi connectivity index (χ1) is 11.6. The van der Waals surface area contributed by atoms with Crippen LogP contribution < -0.4 is 10.9 Å². The van der Waals surface area contributed by atoms with Crippen LogP contribution in [0.4, 0.5) is 10.1 Å². The Morgan fingerprint density at radius 1 is 1.33 bits per heavy atom. The molecular weight excluding hydrogens is 349 g/mol. The van der Waals surface area contributed by atoms with Crippen LogP contribution in [-0.2, 0) is 10.5 Å². The largest absolute Gasteiger partial charge is 0.325 e. The Hall–Kier alpha value is -1.80. The number of anilines is 1. The van der Waals surface area contributed by atoms with Crippen molar-refractivity contribution in [1.82, 2.24) is 9.97 Å². The van der Waals surface area contributed by atoms with Gasteiger partial charge < -0.3 is 10.3 Å². The smallest absolute Gasteiger partial charge is 0.251 e. The third kappa shape index (κ3) is 6.37. The summed E-state index contributed by atoms with van der Waals surface area (Å²) in [5.41, 5.74) is 1.00. The second-order valence-electron chi connectivity index (χ2n) is 4.94. The molecule has 0 radical (unpaired) electrons. The highest BCUT2D eigenvalue weighted by Gasteiger charge is 2.07. The first-order valence-electron chi connectivity index (χ1n) is 7.43. The van der Waals surface area contributed by atoms with Gasteiger partial charge in [-0.05, 0) is 36.4 Å². The Bertz CT molecular complexity index is 735. The lowest BCUT2D eigenvalue weighted by Crippen LogP contribution is -2.15. The van der Waals surface area contributed by atoms with Crippen LogP contribution in [-0.4, -0.2) is 27.4 Å². The molecule has 0 saturated heterocycles. The summed E-state index contributed by atoms with van der Waals surface area (Å²) < 4.78 is 12.8. The Labute approximate surface area is 147 Å². The molecule has 5 nitrogen and oxygen atoms in total. The summed E-state index contributed by atoms with van der Waals surface area (Å²) in [4.78, 5) is 30.5. The summed E-state index contributed by atoms with van der Waals surface area (Å²) in [5.74, 6) is 1.18. The van der Waals surface area contributed by atoms with E-state index >= 15 is 0 Å². The second kappa shape index (κ2) is 9.48. The van der Waals surface area contributed by atoms with E-state index in [4.69, 9.17) is 0 Å². The van der Waals surface area contributed by atoms with Crippen LogP contribution in [0.25, 0.3) is 0 Å². The SMILES string of the molecule is CCCSCc1cc(=O)[nH]c(SCC(=O)Nc2ccc(F)cc2)n1. The van der Waals surface area contributed by atoms with Gasteiger partial charge in [0.2, 0.25) is 5.91 Å². The Kier molecular flexibility index (Phi) is 7.33. The van der Waals surface area contributed by atoms with Gasteiger partial charge in [0, 0.05) is 17.5 Å². The minimum atomic E-state index is -0.359. The third-order valence-corrected chi connectivity index (χ3v) is 4.91. The zero-order chi connectivity index (χ0) is 17.4. The van der Waals surface area contributed by atoms with Gasteiger partial charge in [0.15, 0.2) is 5.16 Å². The first-order valence-corrected chi connectivity index (χ1v) is 9.57. The van der Waals surface area contributed by atoms with Gasteiger partial charge >= 0.3 is 0 Å². The molecule has 0 aliphatic heterocycles. The minimum absolute atomic E-state index is 0.103. The minimum Gasteiger partial charge on any atom is -0.325 e. The summed E-state index contributed by atoms with van der Waals surface area (Å²) in [6.45, 7) is 2.10. The predicted octanol–water partition coefficient (Wildman–Crippen LogP) is 3.28. The molecule has 2 aromatic rings. The van der Waals surface area contributed by atoms with E-state index in [-0.39, 0.29) is 23.0 Å². The lowest BCUT2D eigenvalue weighted by Gasteiger charge is -2.06. The molecule has 1 heterocycles. The fourth-order valence-electron chi connectivity index (χ4n) is 1.81. The third-order valence-electron chi connectivity index (χ3n) is 2.84. The van der Waals surface area contributed by atoms with Crippen molar-refractivity contribution in [2.24, 2.45) is 0 Å². The highest BCUT2D eigenvalue weighted by Crippen LogP contribution is 2.16. The monoisotopic (exact) mass is 367 g/mol. The normalized spacial score (nSPS) is 10.6. The van der Waals surface area contributed by atoms with Crippen molar-refractivity contribution >= 4 is 35.1 Å². The van der Waals surface area contributed by atoms with Crippen LogP contribution >= 0.6 is 23.5 Å². The molecule has 0 aliphatic rings. The number of aromatic amines is 1. The fraction of sp³-hybridized carbons (Fsp3) is 0.312. The number of H-pyrrole nitrogens is 1. The van der Waals surface area contributed by atoms with Gasteiger partial charge in [0.1, 0.15) is 5.82 Å². The number of halogens is 1. The number of nitrogens with zero attached hydrogens (tertiary/aromatic N) is 1. The molecule has 0 bridgehead atoms. The maximum absolute atomic E-state index is 12.8. The maximum Gasteiger partial charge on any atom is 0.251 e. The van der Waals surface area contributed by atoms with Crippen LogP contribution in [0.2, 0.25) is 0 Å². The first kappa shape index (κ1) is 18.5. The van der Waals surface area contributed by atoms with E-state index in [9.17, 15) is 14.0 Å². The van der Waals surface area contributed by atoms with Crippen LogP contribution in [0.3, 0.4) is 0 Å². The summed E-state index contributed by atoms with van der Waals surface area (Å²) in [7, 11) is 0. The van der Waals surface area contributed by atoms with Crippen molar-refractivity contribution in [2.75, 3.05) is 16.8 Å². The number of carbonyl (C=O) groups is 1. The van der Waals surface area contributed by atoms with Crippen LogP contribution in [0.1, 0.15) is 19.0 Å². The molecule has 1 aromatic carbocycles. The van der Waals surface area contributed by atoms with E-state index in [0.717, 1.165) is 23.9 Å². The molecule has 0 saturated carbocycles. The molecule has 1 aromatic heterocycles. The maximum atomic E-state index is 12.8. The number of amides is 1. The van der Waals surface area contributed by atoms with Crippen molar-refractivity contribution in [2.45, 2.75) is 24.3 Å². The molecular formula is C16H18FN3O2S2. The molecule has 2 N–H and O–H groups in total. The number of thioether (sulfide) groups is 2. The Morgan fingerprint density at radius 2 is 2.08 bits per heavy atom. The Balaban J connectivity index is 1.89. The van der Waals surface area contributed by atoms with Crippen molar-refractivity contribution in [3.63, 3.8) is 0 Å². The van der Waals surface area contributed by atoms with E-state index < -0.39 is 0 Å². The zero-order valence-electron chi connectivity index (χ0n) is 13.2. The number of carbonyl (C=O) groups excluding carboxylic acids is 1. The molecule has 8 heteroatoms. The van der Waals surface area contributed by atoms with E-state index in [0.29, 0.717) is 22.3 Å². The standard InChI is InChI=1S/C16H18FN3O2S2/c1-2-7-23-9-13-8-14(21)20-16(19-13)24-10-15(22)18-12-5-3-11(17)4-6-12/h3-6,8H,2,7,9-10H2,1H3,(H,18,22)(H,19,20,21). The number of rotatable bonds is 8. The molecule has 0 spiro atoms. The van der Waals surface area contributed by atoms with Crippen LogP contribution in [0.5, 0.6) is 0 Å². The van der Waals surface area contributed by atoms with Gasteiger partial charge in [-0.25, -0.2) is 9.37 Å². The van der Waals surface area contributed by atoms with E-state index in [1.54, 1.807) is 11.8 Å². The molecule has 0 unspecified atom stereocenters. The number of benzene rings is 1. The quantitative estimate of drug-likeness (QED) is 0.425. The molecule has 1 amide bonds. The number of hydrogen-bond donors (Lipinski definition) is 2. The molecule has 0 aliphatic carbocycles. The van der Waals surface area contributed by atoms with E-state index in [1.807, 2.05) is 0 Å². The molecule has 2 rings (SSSR count). The summed E-state index contributed by atoms with van der Waals surface area (Å²) in [5, 5.41) is 3.08. The molecule has 128 valence electrons. The number of aromatic nitrogens is 2. The van der Waals surface area contributed by atoms with Gasteiger partial charge in [0.05, 0.1) is 11.4 Å². The molecule has 0 atom stereocenters. The molecule has 24 heavy (non-hydrogen) atoms. The topological polar surface area (TPSA) is 74.8 Å². The van der Waals surface area contributed by atoms with Crippen LogP contribution in [0.15, 0.2) is 40.3 Å². The highest BCUT2D eigenvalue weighted by molar-refractivity contribution is 7.99. The summed E-state index contributed by atoms with van der Waals surface area (Å²) in [6.07, 6.45) is 1.07. The van der Waals surface area contributed by atoms with Crippen molar-refractivity contribution < 1.29 is 9.18 Å².